The molecule has 4 heteroatoms. The minimum Gasteiger partial charge on any atom is -0.491 e. The number of ether oxygens (including phenoxy) is 2. The molecule has 0 saturated carbocycles. The highest BCUT2D eigenvalue weighted by atomic mass is 127. The van der Waals surface area contributed by atoms with Crippen molar-refractivity contribution in [2.45, 2.75) is 13.8 Å². The van der Waals surface area contributed by atoms with E-state index in [9.17, 15) is 4.39 Å². The molecule has 0 aliphatic rings. The van der Waals surface area contributed by atoms with Crippen molar-refractivity contribution in [1.29, 1.82) is 0 Å². The molecule has 0 amide bonds. The van der Waals surface area contributed by atoms with Crippen LogP contribution in [-0.4, -0.2) is 13.2 Å². The van der Waals surface area contributed by atoms with Crippen molar-refractivity contribution >= 4 is 22.6 Å². The maximum Gasteiger partial charge on any atom is 0.207 e. The first-order valence-electron chi connectivity index (χ1n) is 4.44. The van der Waals surface area contributed by atoms with E-state index in [0.717, 1.165) is 3.57 Å². The van der Waals surface area contributed by atoms with Crippen LogP contribution >= 0.6 is 22.6 Å². The van der Waals surface area contributed by atoms with Crippen molar-refractivity contribution in [3.63, 3.8) is 0 Å². The molecule has 1 aromatic rings. The monoisotopic (exact) mass is 310 g/mol. The second-order valence-electron chi connectivity index (χ2n) is 2.55. The summed E-state index contributed by atoms with van der Waals surface area (Å²) in [6.45, 7) is 4.53. The SMILES string of the molecule is CCOc1ccc(I)c(OCC)c1F. The second-order valence-corrected chi connectivity index (χ2v) is 3.72. The van der Waals surface area contributed by atoms with Gasteiger partial charge >= 0.3 is 0 Å². The third-order valence-electron chi connectivity index (χ3n) is 1.60. The predicted molar refractivity (Wildman–Crippen MR) is 61.5 cm³/mol. The van der Waals surface area contributed by atoms with Crippen LogP contribution in [0.4, 0.5) is 4.39 Å². The first-order chi connectivity index (χ1) is 6.70. The van der Waals surface area contributed by atoms with Crippen molar-refractivity contribution in [1.82, 2.24) is 0 Å². The third kappa shape index (κ3) is 2.50. The van der Waals surface area contributed by atoms with Crippen LogP contribution in [-0.2, 0) is 0 Å². The summed E-state index contributed by atoms with van der Waals surface area (Å²) in [5, 5.41) is 0. The van der Waals surface area contributed by atoms with Crippen LogP contribution in [0, 0.1) is 9.39 Å². The van der Waals surface area contributed by atoms with E-state index >= 15 is 0 Å². The number of hydrogen-bond donors (Lipinski definition) is 0. The Bertz CT molecular complexity index is 315. The van der Waals surface area contributed by atoms with E-state index in [1.807, 2.05) is 36.4 Å². The highest BCUT2D eigenvalue weighted by Gasteiger charge is 2.13. The molecular formula is C10H12FIO2. The maximum absolute atomic E-state index is 13.7. The van der Waals surface area contributed by atoms with Crippen molar-refractivity contribution < 1.29 is 13.9 Å². The van der Waals surface area contributed by atoms with E-state index in [-0.39, 0.29) is 11.5 Å². The van der Waals surface area contributed by atoms with Gasteiger partial charge in [-0.05, 0) is 48.6 Å². The Morgan fingerprint density at radius 1 is 1.21 bits per heavy atom. The topological polar surface area (TPSA) is 18.5 Å². The summed E-state index contributed by atoms with van der Waals surface area (Å²) < 4.78 is 24.7. The Balaban J connectivity index is 3.05. The summed E-state index contributed by atoms with van der Waals surface area (Å²) in [5.41, 5.74) is 0. The van der Waals surface area contributed by atoms with Gasteiger partial charge in [-0.2, -0.15) is 4.39 Å². The Morgan fingerprint density at radius 2 is 1.86 bits per heavy atom. The lowest BCUT2D eigenvalue weighted by Gasteiger charge is -2.10. The molecule has 14 heavy (non-hydrogen) atoms. The van der Waals surface area contributed by atoms with Gasteiger partial charge in [-0.15, -0.1) is 0 Å². The minimum atomic E-state index is -0.416. The molecule has 0 aliphatic carbocycles. The van der Waals surface area contributed by atoms with Crippen LogP contribution in [0.25, 0.3) is 0 Å². The second kappa shape index (κ2) is 5.38. The smallest absolute Gasteiger partial charge is 0.207 e. The standard InChI is InChI=1S/C10H12FIO2/c1-3-13-8-6-5-7(12)10(9(8)11)14-4-2/h5-6H,3-4H2,1-2H3. The van der Waals surface area contributed by atoms with Gasteiger partial charge in [0.2, 0.25) is 5.82 Å². The normalized spacial score (nSPS) is 10.0. The van der Waals surface area contributed by atoms with Crippen molar-refractivity contribution in [3.05, 3.63) is 21.5 Å². The maximum atomic E-state index is 13.7. The van der Waals surface area contributed by atoms with E-state index in [1.54, 1.807) is 12.1 Å². The molecule has 1 rings (SSSR count). The molecule has 0 saturated heterocycles. The first kappa shape index (κ1) is 11.6. The van der Waals surface area contributed by atoms with Gasteiger partial charge in [0.15, 0.2) is 11.5 Å². The summed E-state index contributed by atoms with van der Waals surface area (Å²) in [6.07, 6.45) is 0. The van der Waals surface area contributed by atoms with E-state index in [1.165, 1.54) is 0 Å². The van der Waals surface area contributed by atoms with Gasteiger partial charge in [0.1, 0.15) is 0 Å². The molecule has 0 N–H and O–H groups in total. The van der Waals surface area contributed by atoms with Crippen LogP contribution in [0.15, 0.2) is 12.1 Å². The summed E-state index contributed by atoms with van der Waals surface area (Å²) >= 11 is 2.03. The molecule has 2 nitrogen and oxygen atoms in total. The fourth-order valence-electron chi connectivity index (χ4n) is 1.06. The van der Waals surface area contributed by atoms with Crippen LogP contribution in [0.1, 0.15) is 13.8 Å². The number of rotatable bonds is 4. The highest BCUT2D eigenvalue weighted by Crippen LogP contribution is 2.31. The average molecular weight is 310 g/mol. The van der Waals surface area contributed by atoms with E-state index in [2.05, 4.69) is 0 Å². The van der Waals surface area contributed by atoms with Gasteiger partial charge in [0.25, 0.3) is 0 Å². The highest BCUT2D eigenvalue weighted by molar-refractivity contribution is 14.1. The number of halogens is 2. The van der Waals surface area contributed by atoms with E-state index in [4.69, 9.17) is 9.47 Å². The molecule has 0 aliphatic heterocycles. The molecule has 0 heterocycles. The van der Waals surface area contributed by atoms with Gasteiger partial charge in [-0.1, -0.05) is 0 Å². The summed E-state index contributed by atoms with van der Waals surface area (Å²) in [5.74, 6) is 0.107. The fourth-order valence-corrected chi connectivity index (χ4v) is 1.63. The Hall–Kier alpha value is -0.520. The number of hydrogen-bond acceptors (Lipinski definition) is 2. The molecule has 0 spiro atoms. The largest absolute Gasteiger partial charge is 0.491 e. The van der Waals surface area contributed by atoms with Crippen molar-refractivity contribution in [2.75, 3.05) is 13.2 Å². The zero-order valence-corrected chi connectivity index (χ0v) is 10.3. The molecule has 0 fully saturated rings. The molecule has 0 aromatic heterocycles. The van der Waals surface area contributed by atoms with Crippen molar-refractivity contribution in [3.8, 4) is 11.5 Å². The lowest BCUT2D eigenvalue weighted by Crippen LogP contribution is -2.01. The molecular weight excluding hydrogens is 298 g/mol. The Kier molecular flexibility index (Phi) is 4.44. The minimum absolute atomic E-state index is 0.247. The van der Waals surface area contributed by atoms with E-state index in [0.29, 0.717) is 13.2 Å². The van der Waals surface area contributed by atoms with Crippen LogP contribution < -0.4 is 9.47 Å². The zero-order chi connectivity index (χ0) is 10.6. The van der Waals surface area contributed by atoms with Crippen LogP contribution in [0.2, 0.25) is 0 Å². The zero-order valence-electron chi connectivity index (χ0n) is 8.14. The summed E-state index contributed by atoms with van der Waals surface area (Å²) in [6, 6.07) is 3.39. The van der Waals surface area contributed by atoms with Gasteiger partial charge in [-0.25, -0.2) is 0 Å². The molecule has 78 valence electrons. The number of benzene rings is 1. The lowest BCUT2D eigenvalue weighted by atomic mass is 10.3. The molecule has 0 atom stereocenters. The molecule has 1 aromatic carbocycles. The Labute approximate surface area is 96.5 Å². The fraction of sp³-hybridized carbons (Fsp3) is 0.400. The molecule has 0 unspecified atom stereocenters. The quantitative estimate of drug-likeness (QED) is 0.795. The van der Waals surface area contributed by atoms with Gasteiger partial charge < -0.3 is 9.47 Å². The molecule has 0 bridgehead atoms. The Morgan fingerprint density at radius 3 is 2.43 bits per heavy atom. The first-order valence-corrected chi connectivity index (χ1v) is 5.52. The third-order valence-corrected chi connectivity index (χ3v) is 2.45. The van der Waals surface area contributed by atoms with Crippen LogP contribution in [0.5, 0.6) is 11.5 Å². The summed E-state index contributed by atoms with van der Waals surface area (Å²) in [4.78, 5) is 0. The predicted octanol–water partition coefficient (Wildman–Crippen LogP) is 3.23. The van der Waals surface area contributed by atoms with Gasteiger partial charge in [0, 0.05) is 0 Å². The lowest BCUT2D eigenvalue weighted by molar-refractivity contribution is 0.290. The van der Waals surface area contributed by atoms with Gasteiger partial charge in [-0.3, -0.25) is 0 Å². The molecule has 0 radical (unpaired) electrons. The van der Waals surface area contributed by atoms with E-state index < -0.39 is 5.82 Å². The van der Waals surface area contributed by atoms with Crippen LogP contribution in [0.3, 0.4) is 0 Å². The van der Waals surface area contributed by atoms with Gasteiger partial charge in [0.05, 0.1) is 16.8 Å². The van der Waals surface area contributed by atoms with Crippen molar-refractivity contribution in [2.24, 2.45) is 0 Å². The average Bonchev–Trinajstić information content (AvgIpc) is 2.17. The summed E-state index contributed by atoms with van der Waals surface area (Å²) in [7, 11) is 0.